The third-order valence-corrected chi connectivity index (χ3v) is 6.33. The molecule has 0 aliphatic carbocycles. The number of hydrogen-bond donors (Lipinski definition) is 1. The number of hydrogen-bond acceptors (Lipinski definition) is 7. The molecule has 0 aliphatic rings. The van der Waals surface area contributed by atoms with Gasteiger partial charge in [-0.3, -0.25) is 0 Å². The Bertz CT molecular complexity index is 488. The molecule has 0 aromatic heterocycles. The maximum Gasteiger partial charge on any atom is 0.0701 e. The zero-order valence-electron chi connectivity index (χ0n) is 16.5. The van der Waals surface area contributed by atoms with Gasteiger partial charge in [-0.1, -0.05) is 34.6 Å². The van der Waals surface area contributed by atoms with Crippen LogP contribution in [-0.2, 0) is 26.7 Å². The van der Waals surface area contributed by atoms with Gasteiger partial charge in [-0.2, -0.15) is 0 Å². The fourth-order valence-corrected chi connectivity index (χ4v) is 4.46. The molecule has 27 heavy (non-hydrogen) atoms. The van der Waals surface area contributed by atoms with Gasteiger partial charge in [-0.25, -0.2) is 0 Å². The van der Waals surface area contributed by atoms with Crippen LogP contribution in [0.25, 0.3) is 0 Å². The van der Waals surface area contributed by atoms with E-state index in [9.17, 15) is 5.11 Å². The first-order chi connectivity index (χ1) is 13.1. The van der Waals surface area contributed by atoms with E-state index in [0.29, 0.717) is 44.2 Å². The van der Waals surface area contributed by atoms with Crippen molar-refractivity contribution in [1.29, 1.82) is 0 Å². The van der Waals surface area contributed by atoms with Crippen LogP contribution in [0.1, 0.15) is 18.1 Å². The average Bonchev–Trinajstić information content (AvgIpc) is 2.68. The fourth-order valence-electron chi connectivity index (χ4n) is 2.56. The van der Waals surface area contributed by atoms with Gasteiger partial charge in [-0.05, 0) is 29.5 Å². The molecule has 1 N–H and O–H groups in total. The van der Waals surface area contributed by atoms with Crippen LogP contribution in [0.3, 0.4) is 0 Å². The highest BCUT2D eigenvalue weighted by molar-refractivity contribution is 8.76. The van der Waals surface area contributed by atoms with Crippen LogP contribution in [0.4, 0.5) is 5.69 Å². The number of rotatable bonds is 16. The summed E-state index contributed by atoms with van der Waals surface area (Å²) >= 11 is 6.03. The Kier molecular flexibility index (Phi) is 14.5. The van der Waals surface area contributed by atoms with Gasteiger partial charge >= 0.3 is 0 Å². The lowest BCUT2D eigenvalue weighted by Gasteiger charge is -2.28. The smallest absolute Gasteiger partial charge is 0.0701 e. The molecule has 0 radical (unpaired) electrons. The Hall–Kier alpha value is -0.150. The lowest BCUT2D eigenvalue weighted by molar-refractivity contribution is 0.0265. The first kappa shape index (κ1) is 24.9. The van der Waals surface area contributed by atoms with Crippen molar-refractivity contribution < 1.29 is 19.3 Å². The van der Waals surface area contributed by atoms with Gasteiger partial charge in [0.15, 0.2) is 0 Å². The van der Waals surface area contributed by atoms with Crippen molar-refractivity contribution in [2.45, 2.75) is 24.7 Å². The molecule has 5 nitrogen and oxygen atoms in total. The first-order valence-corrected chi connectivity index (χ1v) is 12.2. The minimum absolute atomic E-state index is 0.00992. The number of nitrogens with zero attached hydrogens (tertiary/aromatic N) is 1. The minimum atomic E-state index is 0.00992. The number of ether oxygens (including phenoxy) is 3. The average molecular weight is 438 g/mol. The maximum absolute atomic E-state index is 9.55. The first-order valence-electron chi connectivity index (χ1n) is 9.03. The molecule has 0 bridgehead atoms. The quantitative estimate of drug-likeness (QED) is 0.240. The molecule has 0 saturated heterocycles. The van der Waals surface area contributed by atoms with Crippen molar-refractivity contribution in [2.75, 3.05) is 64.4 Å². The molecule has 0 spiro atoms. The van der Waals surface area contributed by atoms with Gasteiger partial charge < -0.3 is 24.2 Å². The Morgan fingerprint density at radius 3 is 2.37 bits per heavy atom. The van der Waals surface area contributed by atoms with Crippen LogP contribution >= 0.6 is 33.2 Å². The van der Waals surface area contributed by atoms with E-state index < -0.39 is 0 Å². The zero-order valence-corrected chi connectivity index (χ0v) is 18.9. The number of methoxy groups -OCH3 is 1. The van der Waals surface area contributed by atoms with Gasteiger partial charge in [0.2, 0.25) is 0 Å². The van der Waals surface area contributed by atoms with E-state index in [1.165, 1.54) is 0 Å². The molecule has 1 aromatic carbocycles. The third-order valence-electron chi connectivity index (χ3n) is 3.79. The predicted octanol–water partition coefficient (Wildman–Crippen LogP) is 3.80. The highest BCUT2D eigenvalue weighted by atomic mass is 35.5. The molecule has 0 amide bonds. The van der Waals surface area contributed by atoms with Gasteiger partial charge in [0.25, 0.3) is 0 Å². The predicted molar refractivity (Wildman–Crippen MR) is 118 cm³/mol. The highest BCUT2D eigenvalue weighted by Gasteiger charge is 2.13. The van der Waals surface area contributed by atoms with Crippen molar-refractivity contribution >= 4 is 38.9 Å². The second kappa shape index (κ2) is 15.7. The van der Waals surface area contributed by atoms with Crippen LogP contribution in [0.2, 0.25) is 0 Å². The largest absolute Gasteiger partial charge is 0.392 e. The molecule has 0 saturated carbocycles. The summed E-state index contributed by atoms with van der Waals surface area (Å²) < 4.78 is 16.1. The molecule has 0 aliphatic heterocycles. The summed E-state index contributed by atoms with van der Waals surface area (Å²) in [5.41, 5.74) is 2.97. The number of benzene rings is 1. The van der Waals surface area contributed by atoms with Gasteiger partial charge in [0.05, 0.1) is 39.6 Å². The number of halogens is 1. The molecule has 1 unspecified atom stereocenters. The number of aliphatic hydroxyl groups is 1. The van der Waals surface area contributed by atoms with E-state index in [0.717, 1.165) is 29.9 Å². The lowest BCUT2D eigenvalue weighted by Crippen LogP contribution is -2.33. The Morgan fingerprint density at radius 2 is 1.74 bits per heavy atom. The maximum atomic E-state index is 9.55. The Labute approximate surface area is 176 Å². The molecule has 1 aromatic rings. The van der Waals surface area contributed by atoms with E-state index >= 15 is 0 Å². The van der Waals surface area contributed by atoms with E-state index in [2.05, 4.69) is 24.1 Å². The van der Waals surface area contributed by atoms with E-state index in [-0.39, 0.29) is 6.61 Å². The summed E-state index contributed by atoms with van der Waals surface area (Å²) in [4.78, 5) is 2.30. The zero-order chi connectivity index (χ0) is 19.9. The summed E-state index contributed by atoms with van der Waals surface area (Å²) in [5, 5.41) is 10.0. The van der Waals surface area contributed by atoms with Crippen molar-refractivity contribution in [1.82, 2.24) is 0 Å². The molecular formula is C19H32ClNO4S2. The van der Waals surface area contributed by atoms with Gasteiger partial charge in [0, 0.05) is 37.0 Å². The normalized spacial score (nSPS) is 12.3. The minimum Gasteiger partial charge on any atom is -0.392 e. The lowest BCUT2D eigenvalue weighted by atomic mass is 10.1. The van der Waals surface area contributed by atoms with E-state index in [4.69, 9.17) is 25.8 Å². The monoisotopic (exact) mass is 437 g/mol. The molecule has 0 fully saturated rings. The summed E-state index contributed by atoms with van der Waals surface area (Å²) in [5.74, 6) is 0.430. The van der Waals surface area contributed by atoms with Crippen LogP contribution in [-0.4, -0.2) is 69.8 Å². The van der Waals surface area contributed by atoms with Crippen LogP contribution in [0, 0.1) is 0 Å². The van der Waals surface area contributed by atoms with E-state index in [1.807, 2.05) is 22.9 Å². The standard InChI is InChI=1S/C19H32ClNO4S2/c1-16(27-26-3)14-21(4-5-24-8-9-25-7-6-23-2)19-11-17(13-20)10-18(12-19)15-22/h10-12,16,22H,4-9,13-15H2,1-3H3. The highest BCUT2D eigenvalue weighted by Crippen LogP contribution is 2.27. The van der Waals surface area contributed by atoms with Crippen LogP contribution in [0.15, 0.2) is 18.2 Å². The Balaban J connectivity index is 2.62. The molecule has 1 rings (SSSR count). The van der Waals surface area contributed by atoms with Crippen LogP contribution in [0.5, 0.6) is 0 Å². The summed E-state index contributed by atoms with van der Waals surface area (Å²) in [6, 6.07) is 6.07. The van der Waals surface area contributed by atoms with Crippen molar-refractivity contribution in [3.8, 4) is 0 Å². The number of anilines is 1. The molecular weight excluding hydrogens is 406 g/mol. The molecule has 0 heterocycles. The van der Waals surface area contributed by atoms with Crippen molar-refractivity contribution in [3.63, 3.8) is 0 Å². The molecule has 156 valence electrons. The Morgan fingerprint density at radius 1 is 1.07 bits per heavy atom. The van der Waals surface area contributed by atoms with E-state index in [1.54, 1.807) is 17.9 Å². The topological polar surface area (TPSA) is 51.2 Å². The van der Waals surface area contributed by atoms with Crippen molar-refractivity contribution in [2.24, 2.45) is 0 Å². The number of aliphatic hydroxyl groups excluding tert-OH is 1. The summed E-state index contributed by atoms with van der Waals surface area (Å²) in [6.45, 7) is 6.84. The SMILES string of the molecule is COCCOCCOCCN(CC(C)SSC)c1cc(CO)cc(CCl)c1. The summed E-state index contributed by atoms with van der Waals surface area (Å²) in [6.07, 6.45) is 2.09. The molecule has 1 atom stereocenters. The van der Waals surface area contributed by atoms with Gasteiger partial charge in [0.1, 0.15) is 0 Å². The third kappa shape index (κ3) is 10.8. The summed E-state index contributed by atoms with van der Waals surface area (Å²) in [7, 11) is 5.29. The van der Waals surface area contributed by atoms with Crippen molar-refractivity contribution in [3.05, 3.63) is 29.3 Å². The second-order valence-corrected chi connectivity index (χ2v) is 9.21. The fraction of sp³-hybridized carbons (Fsp3) is 0.684. The molecule has 8 heteroatoms. The second-order valence-electron chi connectivity index (χ2n) is 6.04. The number of alkyl halides is 1. The van der Waals surface area contributed by atoms with Crippen LogP contribution < -0.4 is 4.90 Å². The van der Waals surface area contributed by atoms with Gasteiger partial charge in [-0.15, -0.1) is 11.6 Å².